The molecule has 2 rings (SSSR count). The largest absolute Gasteiger partial charge is 0.491 e. The van der Waals surface area contributed by atoms with Crippen LogP contribution < -0.4 is 10.1 Å². The molecule has 11 heteroatoms. The quantitative estimate of drug-likeness (QED) is 0.157. The second-order valence-corrected chi connectivity index (χ2v) is 7.48. The highest BCUT2D eigenvalue weighted by molar-refractivity contribution is 5.35. The van der Waals surface area contributed by atoms with Crippen molar-refractivity contribution in [1.82, 2.24) is 5.32 Å². The Morgan fingerprint density at radius 2 is 1.15 bits per heavy atom. The molecule has 1 saturated heterocycles. The molecule has 0 unspecified atom stereocenters. The third-order valence-corrected chi connectivity index (χ3v) is 4.90. The number of ether oxygens (including phenoxy) is 7. The first-order chi connectivity index (χ1) is 16.8. The van der Waals surface area contributed by atoms with Crippen molar-refractivity contribution in [2.45, 2.75) is 18.9 Å². The molecule has 1 heterocycles. The molecule has 0 bridgehead atoms. The van der Waals surface area contributed by atoms with Crippen LogP contribution in [0, 0.1) is 10.1 Å². The molecule has 0 amide bonds. The molecule has 34 heavy (non-hydrogen) atoms. The van der Waals surface area contributed by atoms with Gasteiger partial charge < -0.3 is 38.5 Å². The molecule has 1 aromatic carbocycles. The minimum Gasteiger partial charge on any atom is -0.491 e. The van der Waals surface area contributed by atoms with Gasteiger partial charge in [-0.2, -0.15) is 0 Å². The normalized spacial score (nSPS) is 14.4. The summed E-state index contributed by atoms with van der Waals surface area (Å²) in [7, 11) is 0. The van der Waals surface area contributed by atoms with Crippen molar-refractivity contribution < 1.29 is 38.1 Å². The van der Waals surface area contributed by atoms with Gasteiger partial charge in [0.1, 0.15) is 12.4 Å². The molecule has 11 nitrogen and oxygen atoms in total. The number of benzene rings is 1. The lowest BCUT2D eigenvalue weighted by atomic mass is 10.1. The van der Waals surface area contributed by atoms with Gasteiger partial charge in [0.15, 0.2) is 0 Å². The van der Waals surface area contributed by atoms with E-state index in [1.807, 2.05) is 0 Å². The van der Waals surface area contributed by atoms with Crippen molar-refractivity contribution in [2.24, 2.45) is 0 Å². The monoisotopic (exact) mass is 486 g/mol. The molecule has 0 aliphatic carbocycles. The lowest BCUT2D eigenvalue weighted by Crippen LogP contribution is -2.33. The van der Waals surface area contributed by atoms with Gasteiger partial charge in [0.05, 0.1) is 83.7 Å². The van der Waals surface area contributed by atoms with Crippen molar-refractivity contribution in [3.05, 3.63) is 34.4 Å². The van der Waals surface area contributed by atoms with Crippen LogP contribution in [-0.4, -0.2) is 103 Å². The Kier molecular flexibility index (Phi) is 16.2. The summed E-state index contributed by atoms with van der Waals surface area (Å²) in [6.45, 7) is 8.10. The first kappa shape index (κ1) is 28.4. The summed E-state index contributed by atoms with van der Waals surface area (Å²) in [6, 6.07) is 5.93. The number of hydrogen-bond acceptors (Lipinski definition) is 10. The maximum atomic E-state index is 10.6. The molecule has 1 fully saturated rings. The fraction of sp³-hybridized carbons (Fsp3) is 0.739. The third-order valence-electron chi connectivity index (χ3n) is 4.90. The summed E-state index contributed by atoms with van der Waals surface area (Å²) in [5.74, 6) is 0.566. The zero-order chi connectivity index (χ0) is 24.1. The van der Waals surface area contributed by atoms with Gasteiger partial charge in [0, 0.05) is 12.1 Å². The minimum atomic E-state index is -0.447. The second-order valence-electron chi connectivity index (χ2n) is 7.48. The highest BCUT2D eigenvalue weighted by atomic mass is 16.6. The number of rotatable bonds is 21. The van der Waals surface area contributed by atoms with E-state index in [1.165, 1.54) is 12.1 Å². The summed E-state index contributed by atoms with van der Waals surface area (Å²) in [6.07, 6.45) is 2.52. The topological polar surface area (TPSA) is 120 Å². The average molecular weight is 487 g/mol. The van der Waals surface area contributed by atoms with Crippen LogP contribution in [0.4, 0.5) is 5.69 Å². The Morgan fingerprint density at radius 1 is 0.706 bits per heavy atom. The van der Waals surface area contributed by atoms with E-state index in [9.17, 15) is 10.1 Å². The van der Waals surface area contributed by atoms with Crippen LogP contribution in [0.5, 0.6) is 5.75 Å². The number of nitro benzene ring substituents is 1. The SMILES string of the molecule is O=[N+]([O-])c1ccc(OCCOCCOCCOCCOCCOCCOC2CCNCC2)cc1. The second kappa shape index (κ2) is 19.4. The zero-order valence-corrected chi connectivity index (χ0v) is 19.8. The van der Waals surface area contributed by atoms with Gasteiger partial charge in [0.2, 0.25) is 0 Å². The van der Waals surface area contributed by atoms with Crippen molar-refractivity contribution >= 4 is 5.69 Å². The van der Waals surface area contributed by atoms with Gasteiger partial charge in [0.25, 0.3) is 5.69 Å². The first-order valence-corrected chi connectivity index (χ1v) is 11.8. The molecular formula is C23H38N2O9. The molecule has 194 valence electrons. The molecule has 1 aliphatic heterocycles. The fourth-order valence-corrected chi connectivity index (χ4v) is 3.10. The highest BCUT2D eigenvalue weighted by Crippen LogP contribution is 2.17. The Labute approximate surface area is 201 Å². The Hall–Kier alpha value is -1.86. The molecule has 1 N–H and O–H groups in total. The van der Waals surface area contributed by atoms with E-state index in [-0.39, 0.29) is 5.69 Å². The van der Waals surface area contributed by atoms with Gasteiger partial charge in [-0.25, -0.2) is 0 Å². The first-order valence-electron chi connectivity index (χ1n) is 11.8. The van der Waals surface area contributed by atoms with E-state index < -0.39 is 4.92 Å². The van der Waals surface area contributed by atoms with E-state index in [4.69, 9.17) is 33.2 Å². The average Bonchev–Trinajstić information content (AvgIpc) is 2.86. The fourth-order valence-electron chi connectivity index (χ4n) is 3.10. The number of nitrogens with zero attached hydrogens (tertiary/aromatic N) is 1. The molecule has 0 radical (unpaired) electrons. The number of non-ortho nitro benzene ring substituents is 1. The smallest absolute Gasteiger partial charge is 0.269 e. The predicted octanol–water partition coefficient (Wildman–Crippen LogP) is 1.83. The standard InChI is InChI=1S/C23H38N2O9/c26-25(27)21-1-3-22(4-2-21)33-19-17-31-15-13-29-11-9-28-10-12-30-14-16-32-18-20-34-23-5-7-24-8-6-23/h1-4,23-24H,5-20H2. The van der Waals surface area contributed by atoms with Crippen molar-refractivity contribution in [2.75, 3.05) is 92.4 Å². The zero-order valence-electron chi connectivity index (χ0n) is 19.8. The van der Waals surface area contributed by atoms with Crippen LogP contribution in [0.15, 0.2) is 24.3 Å². The number of piperidine rings is 1. The van der Waals surface area contributed by atoms with E-state index in [1.54, 1.807) is 12.1 Å². The van der Waals surface area contributed by atoms with E-state index in [0.29, 0.717) is 91.1 Å². The Balaban J connectivity index is 1.23. The number of nitro groups is 1. The maximum absolute atomic E-state index is 10.6. The summed E-state index contributed by atoms with van der Waals surface area (Å²) in [5, 5.41) is 13.9. The van der Waals surface area contributed by atoms with Crippen LogP contribution in [0.2, 0.25) is 0 Å². The molecule has 1 aliphatic rings. The maximum Gasteiger partial charge on any atom is 0.269 e. The van der Waals surface area contributed by atoms with Gasteiger partial charge in [-0.3, -0.25) is 10.1 Å². The highest BCUT2D eigenvalue weighted by Gasteiger charge is 2.12. The Morgan fingerprint density at radius 3 is 1.62 bits per heavy atom. The van der Waals surface area contributed by atoms with Crippen LogP contribution in [0.25, 0.3) is 0 Å². The lowest BCUT2D eigenvalue weighted by molar-refractivity contribution is -0.384. The molecule has 0 aromatic heterocycles. The lowest BCUT2D eigenvalue weighted by Gasteiger charge is -2.22. The van der Waals surface area contributed by atoms with Crippen molar-refractivity contribution in [3.63, 3.8) is 0 Å². The summed E-state index contributed by atoms with van der Waals surface area (Å²) in [5.41, 5.74) is 0.0340. The van der Waals surface area contributed by atoms with Crippen LogP contribution >= 0.6 is 0 Å². The molecular weight excluding hydrogens is 448 g/mol. The molecule has 1 aromatic rings. The summed E-state index contributed by atoms with van der Waals surface area (Å²) >= 11 is 0. The van der Waals surface area contributed by atoms with Crippen LogP contribution in [0.1, 0.15) is 12.8 Å². The van der Waals surface area contributed by atoms with Crippen LogP contribution in [-0.2, 0) is 28.4 Å². The number of hydrogen-bond donors (Lipinski definition) is 1. The van der Waals surface area contributed by atoms with E-state index in [2.05, 4.69) is 5.32 Å². The van der Waals surface area contributed by atoms with Gasteiger partial charge in [-0.15, -0.1) is 0 Å². The van der Waals surface area contributed by atoms with E-state index in [0.717, 1.165) is 25.9 Å². The van der Waals surface area contributed by atoms with Crippen molar-refractivity contribution in [1.29, 1.82) is 0 Å². The predicted molar refractivity (Wildman–Crippen MR) is 125 cm³/mol. The van der Waals surface area contributed by atoms with Gasteiger partial charge in [-0.1, -0.05) is 0 Å². The molecule has 0 saturated carbocycles. The van der Waals surface area contributed by atoms with Crippen LogP contribution in [0.3, 0.4) is 0 Å². The van der Waals surface area contributed by atoms with Gasteiger partial charge >= 0.3 is 0 Å². The van der Waals surface area contributed by atoms with E-state index >= 15 is 0 Å². The Bertz CT molecular complexity index is 627. The third kappa shape index (κ3) is 14.4. The van der Waals surface area contributed by atoms with Crippen molar-refractivity contribution in [3.8, 4) is 5.75 Å². The summed E-state index contributed by atoms with van der Waals surface area (Å²) < 4.78 is 38.5. The molecule has 0 spiro atoms. The summed E-state index contributed by atoms with van der Waals surface area (Å²) in [4.78, 5) is 10.1. The number of nitrogens with one attached hydrogen (secondary N) is 1. The minimum absolute atomic E-state index is 0.0340. The van der Waals surface area contributed by atoms with Gasteiger partial charge in [-0.05, 0) is 38.1 Å². The molecule has 0 atom stereocenters.